The molecule has 2 rings (SSSR count). The summed E-state index contributed by atoms with van der Waals surface area (Å²) in [6, 6.07) is 17.5. The Hall–Kier alpha value is -2.29. The molecule has 0 aliphatic rings. The smallest absolute Gasteiger partial charge is 0.253 e. The van der Waals surface area contributed by atoms with Gasteiger partial charge in [-0.1, -0.05) is 58.0 Å². The number of hydrogen-bond acceptors (Lipinski definition) is 2. The van der Waals surface area contributed by atoms with E-state index in [0.29, 0.717) is 24.0 Å². The average molecular weight is 339 g/mol. The molecule has 2 aromatic carbocycles. The summed E-state index contributed by atoms with van der Waals surface area (Å²) in [6.45, 7) is 10.7. The van der Waals surface area contributed by atoms with Crippen molar-refractivity contribution < 1.29 is 9.53 Å². The quantitative estimate of drug-likeness (QED) is 0.676. The maximum absolute atomic E-state index is 12.8. The molecule has 0 bridgehead atoms. The molecule has 0 fully saturated rings. The van der Waals surface area contributed by atoms with Gasteiger partial charge >= 0.3 is 0 Å². The molecule has 0 saturated heterocycles. The van der Waals surface area contributed by atoms with Gasteiger partial charge in [0.1, 0.15) is 12.4 Å². The minimum atomic E-state index is 0.0945. The molecule has 0 unspecified atom stereocenters. The third-order valence-corrected chi connectivity index (χ3v) is 3.81. The fourth-order valence-electron chi connectivity index (χ4n) is 2.74. The predicted octanol–water partition coefficient (Wildman–Crippen LogP) is 5.02. The Balaban J connectivity index is 2.00. The van der Waals surface area contributed by atoms with Gasteiger partial charge < -0.3 is 9.64 Å². The molecule has 1 amide bonds. The van der Waals surface area contributed by atoms with Crippen molar-refractivity contribution in [2.45, 2.75) is 34.3 Å². The zero-order chi connectivity index (χ0) is 18.2. The van der Waals surface area contributed by atoms with Gasteiger partial charge in [0.25, 0.3) is 5.91 Å². The first-order chi connectivity index (χ1) is 12.0. The summed E-state index contributed by atoms with van der Waals surface area (Å²) < 4.78 is 5.79. The van der Waals surface area contributed by atoms with Gasteiger partial charge in [0, 0.05) is 18.7 Å². The predicted molar refractivity (Wildman–Crippen MR) is 103 cm³/mol. The van der Waals surface area contributed by atoms with Gasteiger partial charge in [0.15, 0.2) is 0 Å². The molecule has 0 saturated carbocycles. The standard InChI is InChI=1S/C22H29NO2/c1-17(2)14-23(15-18(3)4)22(24)20-10-12-21(13-11-20)25-16-19-8-6-5-7-9-19/h5-13,17-18H,14-16H2,1-4H3. The Morgan fingerprint density at radius 2 is 1.44 bits per heavy atom. The molecule has 0 spiro atoms. The molecule has 2 aromatic rings. The molecular formula is C22H29NO2. The van der Waals surface area contributed by atoms with Gasteiger partial charge in [-0.2, -0.15) is 0 Å². The SMILES string of the molecule is CC(C)CN(CC(C)C)C(=O)c1ccc(OCc2ccccc2)cc1. The Morgan fingerprint density at radius 3 is 1.96 bits per heavy atom. The molecule has 25 heavy (non-hydrogen) atoms. The van der Waals surface area contributed by atoms with Crippen molar-refractivity contribution in [2.75, 3.05) is 13.1 Å². The fourth-order valence-corrected chi connectivity index (χ4v) is 2.74. The second kappa shape index (κ2) is 9.26. The largest absolute Gasteiger partial charge is 0.489 e. The van der Waals surface area contributed by atoms with Crippen molar-refractivity contribution in [1.29, 1.82) is 0 Å². The van der Waals surface area contributed by atoms with E-state index in [4.69, 9.17) is 4.74 Å². The molecule has 3 heteroatoms. The van der Waals surface area contributed by atoms with E-state index in [1.54, 1.807) is 0 Å². The highest BCUT2D eigenvalue weighted by Crippen LogP contribution is 2.17. The van der Waals surface area contributed by atoms with E-state index in [1.165, 1.54) is 0 Å². The van der Waals surface area contributed by atoms with Crippen LogP contribution in [0.4, 0.5) is 0 Å². The van der Waals surface area contributed by atoms with Crippen LogP contribution in [0.2, 0.25) is 0 Å². The summed E-state index contributed by atoms with van der Waals surface area (Å²) in [5, 5.41) is 0. The van der Waals surface area contributed by atoms with Crippen LogP contribution in [-0.4, -0.2) is 23.9 Å². The minimum Gasteiger partial charge on any atom is -0.489 e. The first-order valence-electron chi connectivity index (χ1n) is 9.01. The summed E-state index contributed by atoms with van der Waals surface area (Å²) in [5.41, 5.74) is 1.84. The summed E-state index contributed by atoms with van der Waals surface area (Å²) >= 11 is 0. The van der Waals surface area contributed by atoms with Gasteiger partial charge in [-0.25, -0.2) is 0 Å². The van der Waals surface area contributed by atoms with E-state index in [0.717, 1.165) is 24.4 Å². The Labute approximate surface area is 151 Å². The number of ether oxygens (including phenoxy) is 1. The van der Waals surface area contributed by atoms with E-state index in [1.807, 2.05) is 59.5 Å². The molecule has 0 aliphatic carbocycles. The van der Waals surface area contributed by atoms with Crippen molar-refractivity contribution >= 4 is 5.91 Å². The minimum absolute atomic E-state index is 0.0945. The summed E-state index contributed by atoms with van der Waals surface area (Å²) in [6.07, 6.45) is 0. The topological polar surface area (TPSA) is 29.5 Å². The van der Waals surface area contributed by atoms with Crippen LogP contribution in [0.3, 0.4) is 0 Å². The lowest BCUT2D eigenvalue weighted by Gasteiger charge is -2.26. The van der Waals surface area contributed by atoms with Gasteiger partial charge in [-0.05, 0) is 41.7 Å². The molecule has 0 aliphatic heterocycles. The number of rotatable bonds is 8. The molecule has 134 valence electrons. The van der Waals surface area contributed by atoms with Crippen molar-refractivity contribution in [3.8, 4) is 5.75 Å². The molecular weight excluding hydrogens is 310 g/mol. The molecule has 3 nitrogen and oxygen atoms in total. The van der Waals surface area contributed by atoms with Crippen LogP contribution in [0.1, 0.15) is 43.6 Å². The number of benzene rings is 2. The second-order valence-electron chi connectivity index (χ2n) is 7.30. The van der Waals surface area contributed by atoms with Gasteiger partial charge in [-0.3, -0.25) is 4.79 Å². The van der Waals surface area contributed by atoms with E-state index in [-0.39, 0.29) is 5.91 Å². The highest BCUT2D eigenvalue weighted by atomic mass is 16.5. The Bertz CT molecular complexity index is 637. The lowest BCUT2D eigenvalue weighted by atomic mass is 10.1. The van der Waals surface area contributed by atoms with E-state index < -0.39 is 0 Å². The van der Waals surface area contributed by atoms with E-state index >= 15 is 0 Å². The summed E-state index contributed by atoms with van der Waals surface area (Å²) in [5.74, 6) is 1.78. The van der Waals surface area contributed by atoms with Gasteiger partial charge in [0.2, 0.25) is 0 Å². The van der Waals surface area contributed by atoms with E-state index in [2.05, 4.69) is 27.7 Å². The maximum Gasteiger partial charge on any atom is 0.253 e. The van der Waals surface area contributed by atoms with Crippen LogP contribution in [0, 0.1) is 11.8 Å². The molecule has 0 N–H and O–H groups in total. The van der Waals surface area contributed by atoms with Crippen LogP contribution in [0.15, 0.2) is 54.6 Å². The lowest BCUT2D eigenvalue weighted by Crippen LogP contribution is -2.37. The fraction of sp³-hybridized carbons (Fsp3) is 0.409. The van der Waals surface area contributed by atoms with Crippen molar-refractivity contribution in [2.24, 2.45) is 11.8 Å². The van der Waals surface area contributed by atoms with Crippen molar-refractivity contribution in [3.05, 3.63) is 65.7 Å². The highest BCUT2D eigenvalue weighted by molar-refractivity contribution is 5.94. The van der Waals surface area contributed by atoms with Crippen LogP contribution < -0.4 is 4.74 Å². The normalized spacial score (nSPS) is 11.0. The Kier molecular flexibility index (Phi) is 7.05. The third kappa shape index (κ3) is 6.26. The molecule has 0 heterocycles. The monoisotopic (exact) mass is 339 g/mol. The lowest BCUT2D eigenvalue weighted by molar-refractivity contribution is 0.0715. The van der Waals surface area contributed by atoms with Crippen LogP contribution in [-0.2, 0) is 6.61 Å². The van der Waals surface area contributed by atoms with Crippen LogP contribution in [0.5, 0.6) is 5.75 Å². The first-order valence-corrected chi connectivity index (χ1v) is 9.01. The third-order valence-electron chi connectivity index (χ3n) is 3.81. The van der Waals surface area contributed by atoms with Gasteiger partial charge in [0.05, 0.1) is 0 Å². The molecule has 0 radical (unpaired) electrons. The molecule has 0 atom stereocenters. The number of hydrogen-bond donors (Lipinski definition) is 0. The summed E-state index contributed by atoms with van der Waals surface area (Å²) in [7, 11) is 0. The number of carbonyl (C=O) groups excluding carboxylic acids is 1. The summed E-state index contributed by atoms with van der Waals surface area (Å²) in [4.78, 5) is 14.7. The highest BCUT2D eigenvalue weighted by Gasteiger charge is 2.18. The van der Waals surface area contributed by atoms with Gasteiger partial charge in [-0.15, -0.1) is 0 Å². The number of amides is 1. The zero-order valence-electron chi connectivity index (χ0n) is 15.7. The van der Waals surface area contributed by atoms with Crippen molar-refractivity contribution in [3.63, 3.8) is 0 Å². The average Bonchev–Trinajstić information content (AvgIpc) is 2.59. The molecule has 0 aromatic heterocycles. The maximum atomic E-state index is 12.8. The zero-order valence-corrected chi connectivity index (χ0v) is 15.7. The van der Waals surface area contributed by atoms with Crippen molar-refractivity contribution in [1.82, 2.24) is 4.90 Å². The van der Waals surface area contributed by atoms with E-state index in [9.17, 15) is 4.79 Å². The first kappa shape index (κ1) is 19.0. The second-order valence-corrected chi connectivity index (χ2v) is 7.30. The van der Waals surface area contributed by atoms with Crippen LogP contribution in [0.25, 0.3) is 0 Å². The number of carbonyl (C=O) groups is 1. The number of nitrogens with zero attached hydrogens (tertiary/aromatic N) is 1. The van der Waals surface area contributed by atoms with Crippen LogP contribution >= 0.6 is 0 Å². The Morgan fingerprint density at radius 1 is 0.880 bits per heavy atom.